The van der Waals surface area contributed by atoms with E-state index < -0.39 is 35.3 Å². The van der Waals surface area contributed by atoms with Gasteiger partial charge in [-0.2, -0.15) is 0 Å². The first-order valence-corrected chi connectivity index (χ1v) is 4.59. The summed E-state index contributed by atoms with van der Waals surface area (Å²) in [6, 6.07) is 0.788. The van der Waals surface area contributed by atoms with Gasteiger partial charge in [0.25, 0.3) is 0 Å². The van der Waals surface area contributed by atoms with Gasteiger partial charge in [-0.15, -0.1) is 0 Å². The van der Waals surface area contributed by atoms with Crippen LogP contribution in [0.2, 0.25) is 0 Å². The highest BCUT2D eigenvalue weighted by Gasteiger charge is 2.28. The fourth-order valence-electron chi connectivity index (χ4n) is 1.32. The number of aromatic nitrogens is 1. The average molecular weight is 262 g/mol. The lowest BCUT2D eigenvalue weighted by atomic mass is 10.1. The molecule has 18 heavy (non-hydrogen) atoms. The maximum atomic E-state index is 12.5. The Morgan fingerprint density at radius 3 is 2.67 bits per heavy atom. The van der Waals surface area contributed by atoms with Crippen molar-refractivity contribution in [2.45, 2.75) is 12.8 Å². The molecule has 9 heteroatoms. The summed E-state index contributed by atoms with van der Waals surface area (Å²) < 4.78 is 29.6. The third-order valence-electron chi connectivity index (χ3n) is 2.03. The summed E-state index contributed by atoms with van der Waals surface area (Å²) in [5, 5.41) is 19.3. The second-order valence-electron chi connectivity index (χ2n) is 3.18. The molecule has 1 aromatic rings. The third-order valence-corrected chi connectivity index (χ3v) is 2.03. The second kappa shape index (κ2) is 5.34. The van der Waals surface area contributed by atoms with Crippen LogP contribution in [0, 0.1) is 10.1 Å². The Balaban J connectivity index is 3.45. The molecule has 0 saturated heterocycles. The maximum Gasteiger partial charge on any atom is 0.371 e. The number of nitrogens with zero attached hydrogens (tertiary/aromatic N) is 2. The van der Waals surface area contributed by atoms with Crippen molar-refractivity contribution in [2.24, 2.45) is 0 Å². The van der Waals surface area contributed by atoms with E-state index in [9.17, 15) is 23.7 Å². The minimum atomic E-state index is -3.02. The predicted molar refractivity (Wildman–Crippen MR) is 53.7 cm³/mol. The molecule has 0 saturated carbocycles. The lowest BCUT2D eigenvalue weighted by Gasteiger charge is -2.07. The van der Waals surface area contributed by atoms with Crippen LogP contribution in [0.25, 0.3) is 0 Å². The lowest BCUT2D eigenvalue weighted by molar-refractivity contribution is -0.390. The number of ether oxygens (including phenoxy) is 1. The number of carboxylic acid groups (broad SMARTS) is 1. The van der Waals surface area contributed by atoms with Gasteiger partial charge in [-0.25, -0.2) is 8.78 Å². The first-order valence-electron chi connectivity index (χ1n) is 4.59. The summed E-state index contributed by atoms with van der Waals surface area (Å²) in [6.07, 6.45) is -3.76. The summed E-state index contributed by atoms with van der Waals surface area (Å²) in [5.74, 6) is -2.59. The molecule has 0 aliphatic heterocycles. The smallest absolute Gasteiger partial charge is 0.371 e. The number of aliphatic carboxylic acids is 1. The van der Waals surface area contributed by atoms with Crippen molar-refractivity contribution in [1.82, 2.24) is 4.98 Å². The van der Waals surface area contributed by atoms with Crippen molar-refractivity contribution in [3.63, 3.8) is 0 Å². The summed E-state index contributed by atoms with van der Waals surface area (Å²) in [6.45, 7) is 0. The molecule has 0 fully saturated rings. The molecule has 0 amide bonds. The third kappa shape index (κ3) is 2.87. The van der Waals surface area contributed by atoms with Gasteiger partial charge in [0.1, 0.15) is 11.3 Å². The van der Waals surface area contributed by atoms with Crippen molar-refractivity contribution in [3.05, 3.63) is 27.4 Å². The molecule has 7 nitrogen and oxygen atoms in total. The zero-order chi connectivity index (χ0) is 13.9. The van der Waals surface area contributed by atoms with Gasteiger partial charge in [0.05, 0.1) is 13.5 Å². The van der Waals surface area contributed by atoms with E-state index in [1.54, 1.807) is 0 Å². The van der Waals surface area contributed by atoms with Gasteiger partial charge in [-0.05, 0) is 9.91 Å². The number of halogens is 2. The van der Waals surface area contributed by atoms with Crippen LogP contribution in [0.3, 0.4) is 0 Å². The molecular weight excluding hydrogens is 254 g/mol. The predicted octanol–water partition coefficient (Wildman–Crippen LogP) is 1.56. The van der Waals surface area contributed by atoms with E-state index in [4.69, 9.17) is 5.11 Å². The molecular formula is C9H8F2N2O5. The minimum Gasteiger partial charge on any atom is -0.496 e. The number of alkyl halides is 2. The highest BCUT2D eigenvalue weighted by atomic mass is 19.3. The van der Waals surface area contributed by atoms with Crippen LogP contribution in [0.4, 0.5) is 14.6 Å². The van der Waals surface area contributed by atoms with E-state index >= 15 is 0 Å². The molecule has 0 bridgehead atoms. The van der Waals surface area contributed by atoms with Crippen molar-refractivity contribution < 1.29 is 28.3 Å². The minimum absolute atomic E-state index is 0.297. The van der Waals surface area contributed by atoms with Crippen LogP contribution < -0.4 is 4.74 Å². The first-order chi connectivity index (χ1) is 8.36. The maximum absolute atomic E-state index is 12.5. The van der Waals surface area contributed by atoms with E-state index in [1.807, 2.05) is 0 Å². The van der Waals surface area contributed by atoms with Gasteiger partial charge < -0.3 is 20.0 Å². The number of nitro groups is 1. The Kier molecular flexibility index (Phi) is 4.08. The fourth-order valence-corrected chi connectivity index (χ4v) is 1.32. The number of methoxy groups -OCH3 is 1. The Hall–Kier alpha value is -2.32. The molecule has 0 aliphatic carbocycles. The summed E-state index contributed by atoms with van der Waals surface area (Å²) in [7, 11) is 1.10. The summed E-state index contributed by atoms with van der Waals surface area (Å²) in [4.78, 5) is 23.4. The molecule has 1 heterocycles. The monoisotopic (exact) mass is 262 g/mol. The number of carbonyl (C=O) groups is 1. The Morgan fingerprint density at radius 1 is 1.67 bits per heavy atom. The van der Waals surface area contributed by atoms with Crippen LogP contribution in [0.15, 0.2) is 6.07 Å². The number of hydrogen-bond acceptors (Lipinski definition) is 5. The second-order valence-corrected chi connectivity index (χ2v) is 3.18. The van der Waals surface area contributed by atoms with E-state index in [0.29, 0.717) is 0 Å². The first kappa shape index (κ1) is 13.7. The molecule has 1 aromatic heterocycles. The molecule has 98 valence electrons. The van der Waals surface area contributed by atoms with E-state index in [1.165, 1.54) is 0 Å². The van der Waals surface area contributed by atoms with Gasteiger partial charge in [-0.1, -0.05) is 0 Å². The Bertz CT molecular complexity index is 492. The highest BCUT2D eigenvalue weighted by molar-refractivity contribution is 5.73. The molecule has 0 spiro atoms. The molecule has 0 unspecified atom stereocenters. The lowest BCUT2D eigenvalue weighted by Crippen LogP contribution is -2.09. The molecule has 1 N–H and O–H groups in total. The Labute approximate surface area is 99.2 Å². The molecule has 0 atom stereocenters. The summed E-state index contributed by atoms with van der Waals surface area (Å²) in [5.41, 5.74) is -1.19. The zero-order valence-electron chi connectivity index (χ0n) is 9.09. The summed E-state index contributed by atoms with van der Waals surface area (Å²) >= 11 is 0. The van der Waals surface area contributed by atoms with E-state index in [2.05, 4.69) is 9.72 Å². The number of carboxylic acids is 1. The topological polar surface area (TPSA) is 103 Å². The van der Waals surface area contributed by atoms with E-state index in [-0.39, 0.29) is 11.3 Å². The molecule has 0 radical (unpaired) electrons. The van der Waals surface area contributed by atoms with E-state index in [0.717, 1.165) is 13.2 Å². The van der Waals surface area contributed by atoms with Gasteiger partial charge in [0.15, 0.2) is 0 Å². The zero-order valence-corrected chi connectivity index (χ0v) is 9.09. The number of hydrogen-bond donors (Lipinski definition) is 1. The fraction of sp³-hybridized carbons (Fsp3) is 0.333. The van der Waals surface area contributed by atoms with Gasteiger partial charge in [0.2, 0.25) is 5.69 Å². The van der Waals surface area contributed by atoms with Gasteiger partial charge in [0, 0.05) is 6.07 Å². The largest absolute Gasteiger partial charge is 0.496 e. The van der Waals surface area contributed by atoms with Crippen LogP contribution in [0.1, 0.15) is 17.7 Å². The number of rotatable bonds is 5. The van der Waals surface area contributed by atoms with Gasteiger partial charge in [-0.3, -0.25) is 4.79 Å². The molecule has 0 aliphatic rings. The standard InChI is InChI=1S/C9H8F2N2O5/c1-18-6-3-5(8(10)11)12-9(13(16)17)4(6)2-7(14)15/h3,8H,2H2,1H3,(H,14,15). The van der Waals surface area contributed by atoms with Crippen LogP contribution in [-0.2, 0) is 11.2 Å². The van der Waals surface area contributed by atoms with Crippen molar-refractivity contribution in [1.29, 1.82) is 0 Å². The molecule has 1 rings (SSSR count). The van der Waals surface area contributed by atoms with Crippen LogP contribution in [-0.4, -0.2) is 28.1 Å². The molecule has 0 aromatic carbocycles. The normalized spacial score (nSPS) is 10.4. The number of pyridine rings is 1. The Morgan fingerprint density at radius 2 is 2.28 bits per heavy atom. The van der Waals surface area contributed by atoms with Crippen LogP contribution in [0.5, 0.6) is 5.75 Å². The van der Waals surface area contributed by atoms with Crippen LogP contribution >= 0.6 is 0 Å². The van der Waals surface area contributed by atoms with Crippen molar-refractivity contribution >= 4 is 11.8 Å². The average Bonchev–Trinajstić information content (AvgIpc) is 2.27. The van der Waals surface area contributed by atoms with Crippen molar-refractivity contribution in [3.8, 4) is 5.75 Å². The highest BCUT2D eigenvalue weighted by Crippen LogP contribution is 2.31. The van der Waals surface area contributed by atoms with Crippen molar-refractivity contribution in [2.75, 3.05) is 7.11 Å². The van der Waals surface area contributed by atoms with Gasteiger partial charge >= 0.3 is 18.2 Å². The SMILES string of the molecule is COc1cc(C(F)F)nc([N+](=O)[O-])c1CC(=O)O. The quantitative estimate of drug-likeness (QED) is 0.638.